The summed E-state index contributed by atoms with van der Waals surface area (Å²) in [5, 5.41) is 2.68. The molecule has 46 heavy (non-hydrogen) atoms. The summed E-state index contributed by atoms with van der Waals surface area (Å²) in [7, 11) is 0. The number of esters is 1. The smallest absolute Gasteiger partial charge is 0.408 e. The molecule has 0 aliphatic heterocycles. The zero-order valence-electron chi connectivity index (χ0n) is 27.3. The van der Waals surface area contributed by atoms with Gasteiger partial charge in [0.1, 0.15) is 24.0 Å². The summed E-state index contributed by atoms with van der Waals surface area (Å²) < 4.78 is 16.8. The topological polar surface area (TPSA) is 99.6 Å². The van der Waals surface area contributed by atoms with E-state index in [0.29, 0.717) is 5.82 Å². The molecular formula is C38H45N3O5. The van der Waals surface area contributed by atoms with E-state index >= 15 is 0 Å². The highest BCUT2D eigenvalue weighted by atomic mass is 16.6. The fourth-order valence-electron chi connectivity index (χ4n) is 4.76. The molecule has 1 aromatic heterocycles. The molecule has 1 atom stereocenters. The first-order valence-electron chi connectivity index (χ1n) is 16.0. The van der Waals surface area contributed by atoms with Crippen LogP contribution >= 0.6 is 0 Å². The lowest BCUT2D eigenvalue weighted by molar-refractivity contribution is -0.157. The molecule has 1 heterocycles. The van der Waals surface area contributed by atoms with Gasteiger partial charge in [0.25, 0.3) is 0 Å². The zero-order valence-corrected chi connectivity index (χ0v) is 27.3. The lowest BCUT2D eigenvalue weighted by atomic mass is 10.0. The Bertz CT molecular complexity index is 1500. The summed E-state index contributed by atoms with van der Waals surface area (Å²) in [4.78, 5) is 34.8. The van der Waals surface area contributed by atoms with Crippen molar-refractivity contribution in [1.29, 1.82) is 0 Å². The average molecular weight is 624 g/mol. The van der Waals surface area contributed by atoms with Gasteiger partial charge in [0.05, 0.1) is 6.61 Å². The number of nitrogens with zero attached hydrogens (tertiary/aromatic N) is 2. The van der Waals surface area contributed by atoms with E-state index in [2.05, 4.69) is 22.2 Å². The highest BCUT2D eigenvalue weighted by molar-refractivity contribution is 5.82. The third-order valence-corrected chi connectivity index (χ3v) is 7.20. The number of hydrogen-bond donors (Lipinski definition) is 1. The van der Waals surface area contributed by atoms with Crippen LogP contribution in [0.2, 0.25) is 0 Å². The molecule has 4 rings (SSSR count). The van der Waals surface area contributed by atoms with E-state index in [4.69, 9.17) is 14.2 Å². The van der Waals surface area contributed by atoms with Gasteiger partial charge in [-0.05, 0) is 56.0 Å². The molecule has 0 saturated heterocycles. The Morgan fingerprint density at radius 2 is 1.41 bits per heavy atom. The molecule has 0 spiro atoms. The van der Waals surface area contributed by atoms with Gasteiger partial charge in [-0.1, -0.05) is 99.3 Å². The molecule has 1 N–H and O–H groups in total. The molecule has 8 nitrogen and oxygen atoms in total. The summed E-state index contributed by atoms with van der Waals surface area (Å²) in [5.41, 5.74) is 3.74. The van der Waals surface area contributed by atoms with Crippen LogP contribution in [0.3, 0.4) is 0 Å². The van der Waals surface area contributed by atoms with Crippen LogP contribution in [0.4, 0.5) is 4.79 Å². The molecule has 3 aromatic carbocycles. The number of amides is 1. The quantitative estimate of drug-likeness (QED) is 0.105. The molecule has 1 amide bonds. The standard InChI is InChI=1S/C38H45N3O5/c1-5-6-7-8-12-23-44-33-21-19-30(20-22-33)32-25-39-35(40-26-32)31-17-15-28(16-18-31)24-34(36(42)46-38(2,3)4)41-37(43)45-27-29-13-10-9-11-14-29/h9-11,13-22,25-26,34H,5-8,12,23-24,27H2,1-4H3,(H,41,43)/t34-/m0/s1. The molecule has 4 aromatic rings. The van der Waals surface area contributed by atoms with Gasteiger partial charge in [0.15, 0.2) is 5.82 Å². The normalized spacial score (nSPS) is 11.8. The third kappa shape index (κ3) is 11.3. The van der Waals surface area contributed by atoms with E-state index in [1.54, 1.807) is 20.8 Å². The molecule has 0 saturated carbocycles. The first-order valence-corrected chi connectivity index (χ1v) is 16.0. The summed E-state index contributed by atoms with van der Waals surface area (Å²) in [6.45, 7) is 8.42. The van der Waals surface area contributed by atoms with E-state index in [9.17, 15) is 9.59 Å². The number of carbonyl (C=O) groups excluding carboxylic acids is 2. The number of alkyl carbamates (subject to hydrolysis) is 1. The Kier molecular flexibility index (Phi) is 12.7. The van der Waals surface area contributed by atoms with Crippen LogP contribution < -0.4 is 10.1 Å². The van der Waals surface area contributed by atoms with E-state index < -0.39 is 23.7 Å². The molecule has 0 fully saturated rings. The summed E-state index contributed by atoms with van der Waals surface area (Å²) in [6, 6.07) is 24.0. The van der Waals surface area contributed by atoms with Crippen molar-refractivity contribution in [2.45, 2.75) is 84.5 Å². The number of hydrogen-bond acceptors (Lipinski definition) is 7. The maximum absolute atomic E-state index is 13.0. The van der Waals surface area contributed by atoms with Crippen molar-refractivity contribution in [2.75, 3.05) is 6.61 Å². The second kappa shape index (κ2) is 17.1. The average Bonchev–Trinajstić information content (AvgIpc) is 3.05. The van der Waals surface area contributed by atoms with E-state index in [1.807, 2.05) is 91.3 Å². The van der Waals surface area contributed by atoms with Gasteiger partial charge in [0.2, 0.25) is 0 Å². The van der Waals surface area contributed by atoms with Gasteiger partial charge in [-0.2, -0.15) is 0 Å². The molecule has 0 unspecified atom stereocenters. The van der Waals surface area contributed by atoms with Crippen molar-refractivity contribution in [1.82, 2.24) is 15.3 Å². The fraction of sp³-hybridized carbons (Fsp3) is 0.368. The van der Waals surface area contributed by atoms with Gasteiger partial charge >= 0.3 is 12.1 Å². The minimum absolute atomic E-state index is 0.0974. The fourth-order valence-corrected chi connectivity index (χ4v) is 4.76. The summed E-state index contributed by atoms with van der Waals surface area (Å²) >= 11 is 0. The maximum Gasteiger partial charge on any atom is 0.408 e. The molecule has 242 valence electrons. The number of rotatable bonds is 15. The van der Waals surface area contributed by atoms with Crippen LogP contribution in [-0.4, -0.2) is 40.3 Å². The Hall–Kier alpha value is -4.72. The van der Waals surface area contributed by atoms with E-state index in [0.717, 1.165) is 46.6 Å². The molecule has 8 heteroatoms. The van der Waals surface area contributed by atoms with Crippen LogP contribution in [0.1, 0.15) is 70.9 Å². The minimum Gasteiger partial charge on any atom is -0.494 e. The molecule has 0 aliphatic carbocycles. The van der Waals surface area contributed by atoms with E-state index in [1.165, 1.54) is 25.7 Å². The van der Waals surface area contributed by atoms with Crippen LogP contribution in [0.15, 0.2) is 91.3 Å². The Morgan fingerprint density at radius 1 is 0.761 bits per heavy atom. The van der Waals surface area contributed by atoms with Crippen molar-refractivity contribution in [3.05, 3.63) is 102 Å². The van der Waals surface area contributed by atoms with Crippen molar-refractivity contribution >= 4 is 12.1 Å². The van der Waals surface area contributed by atoms with Gasteiger partial charge in [-0.15, -0.1) is 0 Å². The van der Waals surface area contributed by atoms with Crippen LogP contribution in [-0.2, 0) is 27.3 Å². The number of carbonyl (C=O) groups is 2. The Balaban J connectivity index is 1.34. The number of nitrogens with one attached hydrogen (secondary N) is 1. The van der Waals surface area contributed by atoms with Gasteiger partial charge in [0, 0.05) is 29.9 Å². The molecular weight excluding hydrogens is 578 g/mol. The maximum atomic E-state index is 13.0. The lowest BCUT2D eigenvalue weighted by Gasteiger charge is -2.24. The van der Waals surface area contributed by atoms with E-state index in [-0.39, 0.29) is 13.0 Å². The first kappa shape index (κ1) is 34.2. The zero-order chi connectivity index (χ0) is 32.8. The summed E-state index contributed by atoms with van der Waals surface area (Å²) in [5.74, 6) is 0.920. The van der Waals surface area contributed by atoms with Gasteiger partial charge in [-0.25, -0.2) is 19.6 Å². The number of benzene rings is 3. The predicted octanol–water partition coefficient (Wildman–Crippen LogP) is 8.34. The molecule has 0 bridgehead atoms. The Labute approximate surface area is 272 Å². The second-order valence-electron chi connectivity index (χ2n) is 12.3. The number of ether oxygens (including phenoxy) is 3. The molecule has 0 radical (unpaired) electrons. The SMILES string of the molecule is CCCCCCCOc1ccc(-c2cnc(-c3ccc(C[C@H](NC(=O)OCc4ccccc4)C(=O)OC(C)(C)C)cc3)nc2)cc1. The van der Waals surface area contributed by atoms with Crippen molar-refractivity contribution < 1.29 is 23.8 Å². The largest absolute Gasteiger partial charge is 0.494 e. The number of unbranched alkanes of at least 4 members (excludes halogenated alkanes) is 4. The van der Waals surface area contributed by atoms with Crippen LogP contribution in [0, 0.1) is 0 Å². The summed E-state index contributed by atoms with van der Waals surface area (Å²) in [6.07, 6.45) is 9.22. The van der Waals surface area contributed by atoms with Crippen molar-refractivity contribution in [2.24, 2.45) is 0 Å². The highest BCUT2D eigenvalue weighted by Gasteiger charge is 2.27. The Morgan fingerprint density at radius 3 is 2.07 bits per heavy atom. The predicted molar refractivity (Wildman–Crippen MR) is 180 cm³/mol. The number of aromatic nitrogens is 2. The second-order valence-corrected chi connectivity index (χ2v) is 12.3. The van der Waals surface area contributed by atoms with Crippen LogP contribution in [0.25, 0.3) is 22.5 Å². The van der Waals surface area contributed by atoms with Crippen molar-refractivity contribution in [3.63, 3.8) is 0 Å². The van der Waals surface area contributed by atoms with Gasteiger partial charge in [-0.3, -0.25) is 0 Å². The third-order valence-electron chi connectivity index (χ3n) is 7.20. The van der Waals surface area contributed by atoms with Crippen LogP contribution in [0.5, 0.6) is 5.75 Å². The van der Waals surface area contributed by atoms with Crippen molar-refractivity contribution in [3.8, 4) is 28.3 Å². The highest BCUT2D eigenvalue weighted by Crippen LogP contribution is 2.24. The molecule has 0 aliphatic rings. The van der Waals surface area contributed by atoms with Gasteiger partial charge < -0.3 is 19.5 Å². The lowest BCUT2D eigenvalue weighted by Crippen LogP contribution is -2.45. The monoisotopic (exact) mass is 623 g/mol. The first-order chi connectivity index (χ1) is 22.2. The minimum atomic E-state index is -0.925.